The van der Waals surface area contributed by atoms with Gasteiger partial charge in [0, 0.05) is 23.2 Å². The molecule has 2 fully saturated rings. The maximum atomic E-state index is 14.9. The number of ether oxygens (including phenoxy) is 2. The number of aromatic nitrogens is 3. The van der Waals surface area contributed by atoms with Gasteiger partial charge in [-0.05, 0) is 12.8 Å². The molecule has 0 bridgehead atoms. The quantitative estimate of drug-likeness (QED) is 0.689. The minimum atomic E-state index is -1.41. The molecular weight excluding hydrogens is 424 g/mol. The highest BCUT2D eigenvalue weighted by Crippen LogP contribution is 2.43. The molecule has 0 spiro atoms. The molecule has 31 heavy (non-hydrogen) atoms. The van der Waals surface area contributed by atoms with Crippen molar-refractivity contribution >= 4 is 11.8 Å². The first-order chi connectivity index (χ1) is 15.0. The smallest absolute Gasteiger partial charge is 0.183 e. The Morgan fingerprint density at radius 3 is 2.61 bits per heavy atom. The monoisotopic (exact) mass is 453 g/mol. The van der Waals surface area contributed by atoms with E-state index in [0.29, 0.717) is 19.6 Å². The number of aliphatic hydroxyl groups is 1. The molecule has 1 saturated heterocycles. The second kappa shape index (κ2) is 9.94. The zero-order valence-corrected chi connectivity index (χ0v) is 18.3. The lowest BCUT2D eigenvalue weighted by Gasteiger charge is -2.45. The average molecular weight is 454 g/mol. The van der Waals surface area contributed by atoms with E-state index in [9.17, 15) is 13.9 Å². The van der Waals surface area contributed by atoms with Crippen LogP contribution >= 0.6 is 11.8 Å². The van der Waals surface area contributed by atoms with Gasteiger partial charge in [-0.1, -0.05) is 37.3 Å². The minimum Gasteiger partial charge on any atom is -0.386 e. The van der Waals surface area contributed by atoms with Crippen molar-refractivity contribution in [3.05, 3.63) is 48.5 Å². The van der Waals surface area contributed by atoms with Crippen LogP contribution in [-0.2, 0) is 16.0 Å². The summed E-state index contributed by atoms with van der Waals surface area (Å²) in [5, 5.41) is 15.5. The Morgan fingerprint density at radius 2 is 1.97 bits per heavy atom. The van der Waals surface area contributed by atoms with Crippen LogP contribution in [0.25, 0.3) is 0 Å². The molecule has 170 valence electrons. The molecule has 4 rings (SSSR count). The molecule has 6 nitrogen and oxygen atoms in total. The van der Waals surface area contributed by atoms with Crippen LogP contribution in [0.5, 0.6) is 0 Å². The number of thioether (sulfide) groups is 1. The standard InChI is InChI=1S/C22H29F2N3O3S/c1-15(31-18-10-29-21(30-11-18)16-5-3-2-4-6-16)22(28,12-27-14-25-13-26-27)19-8-7-17(23)9-20(19)24/h2-6,13-15,17-21,28H,7-12H2,1H3. The van der Waals surface area contributed by atoms with Crippen LogP contribution in [0.3, 0.4) is 0 Å². The van der Waals surface area contributed by atoms with Gasteiger partial charge >= 0.3 is 0 Å². The largest absolute Gasteiger partial charge is 0.386 e. The van der Waals surface area contributed by atoms with Gasteiger partial charge in [0.15, 0.2) is 6.29 Å². The zero-order chi connectivity index (χ0) is 21.8. The van der Waals surface area contributed by atoms with E-state index in [1.54, 1.807) is 0 Å². The van der Waals surface area contributed by atoms with Gasteiger partial charge in [0.25, 0.3) is 0 Å². The second-order valence-corrected chi connectivity index (χ2v) is 10.1. The molecule has 1 aliphatic heterocycles. The van der Waals surface area contributed by atoms with Gasteiger partial charge in [-0.25, -0.2) is 13.8 Å². The SMILES string of the molecule is CC(SC1COC(c2ccccc2)OC1)C(O)(Cn1cncn1)C1CCC(F)CC1F. The van der Waals surface area contributed by atoms with E-state index in [0.717, 1.165) is 5.56 Å². The summed E-state index contributed by atoms with van der Waals surface area (Å²) in [5.74, 6) is -0.673. The van der Waals surface area contributed by atoms with Crippen LogP contribution in [0.4, 0.5) is 8.78 Å². The topological polar surface area (TPSA) is 69.4 Å². The predicted octanol–water partition coefficient (Wildman–Crippen LogP) is 3.72. The highest BCUT2D eigenvalue weighted by Gasteiger charge is 2.49. The molecule has 5 atom stereocenters. The van der Waals surface area contributed by atoms with Crippen molar-refractivity contribution in [3.8, 4) is 0 Å². The first-order valence-electron chi connectivity index (χ1n) is 10.7. The lowest BCUT2D eigenvalue weighted by atomic mass is 9.73. The Morgan fingerprint density at radius 1 is 1.23 bits per heavy atom. The number of rotatable bonds is 7. The second-order valence-electron chi connectivity index (χ2n) is 8.43. The van der Waals surface area contributed by atoms with Crippen molar-refractivity contribution in [1.29, 1.82) is 0 Å². The van der Waals surface area contributed by atoms with Crippen LogP contribution in [0.1, 0.15) is 38.0 Å². The fourth-order valence-electron chi connectivity index (χ4n) is 4.53. The number of benzene rings is 1. The molecule has 2 heterocycles. The van der Waals surface area contributed by atoms with Crippen LogP contribution in [0.2, 0.25) is 0 Å². The summed E-state index contributed by atoms with van der Waals surface area (Å²) in [6, 6.07) is 9.74. The third kappa shape index (κ3) is 5.27. The molecule has 0 amide bonds. The van der Waals surface area contributed by atoms with Gasteiger partial charge in [-0.3, -0.25) is 4.68 Å². The average Bonchev–Trinajstić information content (AvgIpc) is 3.27. The normalized spacial score (nSPS) is 32.3. The van der Waals surface area contributed by atoms with Gasteiger partial charge in [0.1, 0.15) is 30.6 Å². The Hall–Kier alpha value is -1.55. The van der Waals surface area contributed by atoms with E-state index < -0.39 is 30.2 Å². The summed E-state index contributed by atoms with van der Waals surface area (Å²) in [7, 11) is 0. The summed E-state index contributed by atoms with van der Waals surface area (Å²) < 4.78 is 42.0. The summed E-state index contributed by atoms with van der Waals surface area (Å²) >= 11 is 1.52. The third-order valence-corrected chi connectivity index (χ3v) is 7.75. The van der Waals surface area contributed by atoms with Crippen LogP contribution in [-0.4, -0.2) is 61.5 Å². The maximum Gasteiger partial charge on any atom is 0.183 e. The van der Waals surface area contributed by atoms with E-state index in [2.05, 4.69) is 10.1 Å². The Kier molecular flexibility index (Phi) is 7.26. The van der Waals surface area contributed by atoms with Gasteiger partial charge < -0.3 is 14.6 Å². The molecule has 5 unspecified atom stereocenters. The predicted molar refractivity (Wildman–Crippen MR) is 114 cm³/mol. The lowest BCUT2D eigenvalue weighted by molar-refractivity contribution is -0.180. The first-order valence-corrected chi connectivity index (χ1v) is 11.7. The van der Waals surface area contributed by atoms with Crippen LogP contribution in [0.15, 0.2) is 43.0 Å². The van der Waals surface area contributed by atoms with Crippen molar-refractivity contribution in [1.82, 2.24) is 14.8 Å². The Bertz CT molecular complexity index is 808. The molecule has 1 aromatic carbocycles. The van der Waals surface area contributed by atoms with Gasteiger partial charge in [0.2, 0.25) is 0 Å². The lowest BCUT2D eigenvalue weighted by Crippen LogP contribution is -2.55. The zero-order valence-electron chi connectivity index (χ0n) is 17.5. The van der Waals surface area contributed by atoms with Gasteiger partial charge in [-0.2, -0.15) is 5.10 Å². The molecule has 1 saturated carbocycles. The molecular formula is C22H29F2N3O3S. The maximum absolute atomic E-state index is 14.9. The molecule has 0 radical (unpaired) electrons. The van der Waals surface area contributed by atoms with E-state index >= 15 is 0 Å². The molecule has 1 aliphatic carbocycles. The summed E-state index contributed by atoms with van der Waals surface area (Å²) in [4.78, 5) is 3.93. The van der Waals surface area contributed by atoms with Crippen molar-refractivity contribution in [2.45, 2.75) is 67.5 Å². The fourth-order valence-corrected chi connectivity index (χ4v) is 5.90. The highest BCUT2D eigenvalue weighted by molar-refractivity contribution is 8.00. The number of hydrogen-bond acceptors (Lipinski definition) is 6. The van der Waals surface area contributed by atoms with Crippen molar-refractivity contribution in [2.75, 3.05) is 13.2 Å². The number of alkyl halides is 2. The van der Waals surface area contributed by atoms with Crippen molar-refractivity contribution < 1.29 is 23.4 Å². The number of nitrogens with zero attached hydrogens (tertiary/aromatic N) is 3. The van der Waals surface area contributed by atoms with Crippen LogP contribution < -0.4 is 0 Å². The summed E-state index contributed by atoms with van der Waals surface area (Å²) in [6.45, 7) is 2.91. The molecule has 2 aliphatic rings. The number of hydrogen-bond donors (Lipinski definition) is 1. The summed E-state index contributed by atoms with van der Waals surface area (Å²) in [5.41, 5.74) is -0.446. The van der Waals surface area contributed by atoms with Gasteiger partial charge in [0.05, 0.1) is 25.0 Å². The fraction of sp³-hybridized carbons (Fsp3) is 0.636. The summed E-state index contributed by atoms with van der Waals surface area (Å²) in [6.07, 6.45) is 0.321. The van der Waals surface area contributed by atoms with Crippen molar-refractivity contribution in [2.24, 2.45) is 5.92 Å². The van der Waals surface area contributed by atoms with Crippen LogP contribution in [0, 0.1) is 5.92 Å². The molecule has 1 aromatic heterocycles. The molecule has 1 N–H and O–H groups in total. The first kappa shape index (κ1) is 22.6. The van der Waals surface area contributed by atoms with E-state index in [1.165, 1.54) is 29.1 Å². The van der Waals surface area contributed by atoms with E-state index in [-0.39, 0.29) is 29.9 Å². The highest BCUT2D eigenvalue weighted by atomic mass is 32.2. The Labute approximate surface area is 185 Å². The van der Waals surface area contributed by atoms with E-state index in [1.807, 2.05) is 37.3 Å². The minimum absolute atomic E-state index is 0.00666. The van der Waals surface area contributed by atoms with Gasteiger partial charge in [-0.15, -0.1) is 11.8 Å². The molecule has 9 heteroatoms. The number of halogens is 2. The Balaban J connectivity index is 1.43. The third-order valence-electron chi connectivity index (χ3n) is 6.27. The van der Waals surface area contributed by atoms with Crippen molar-refractivity contribution in [3.63, 3.8) is 0 Å². The molecule has 2 aromatic rings. The van der Waals surface area contributed by atoms with E-state index in [4.69, 9.17) is 9.47 Å².